The van der Waals surface area contributed by atoms with Gasteiger partial charge in [0.1, 0.15) is 6.04 Å². The molecule has 1 aliphatic heterocycles. The third-order valence-electron chi connectivity index (χ3n) is 3.35. The van der Waals surface area contributed by atoms with Gasteiger partial charge in [-0.15, -0.1) is 0 Å². The summed E-state index contributed by atoms with van der Waals surface area (Å²) in [6, 6.07) is 16.1. The number of para-hydroxylation sites is 2. The molecule has 1 N–H and O–H groups in total. The molecule has 1 heterocycles. The molecule has 0 spiro atoms. The lowest BCUT2D eigenvalue weighted by Crippen LogP contribution is -2.35. The summed E-state index contributed by atoms with van der Waals surface area (Å²) in [6.07, 6.45) is 0.162. The summed E-state index contributed by atoms with van der Waals surface area (Å²) in [5.41, 5.74) is 1.42. The number of imide groups is 1. The van der Waals surface area contributed by atoms with E-state index in [4.69, 9.17) is 0 Å². The van der Waals surface area contributed by atoms with Crippen LogP contribution < -0.4 is 10.2 Å². The SMILES string of the molecule is O=C1C[C@H](Nc2ccccc2)C(=O)N1c1ccccc1Br. The van der Waals surface area contributed by atoms with Crippen molar-refractivity contribution in [2.45, 2.75) is 12.5 Å². The van der Waals surface area contributed by atoms with E-state index >= 15 is 0 Å². The second-order valence-corrected chi connectivity index (χ2v) is 5.64. The molecule has 0 aromatic heterocycles. The molecule has 0 aliphatic carbocycles. The van der Waals surface area contributed by atoms with Crippen molar-refractivity contribution < 1.29 is 9.59 Å². The Hall–Kier alpha value is -2.14. The standard InChI is InChI=1S/C16H13BrN2O2/c17-12-8-4-5-9-14(12)19-15(20)10-13(16(19)21)18-11-6-2-1-3-7-11/h1-9,13,18H,10H2/t13-/m0/s1. The van der Waals surface area contributed by atoms with Crippen molar-refractivity contribution in [3.63, 3.8) is 0 Å². The highest BCUT2D eigenvalue weighted by molar-refractivity contribution is 9.10. The molecule has 2 aromatic carbocycles. The number of benzene rings is 2. The van der Waals surface area contributed by atoms with Crippen molar-refractivity contribution in [3.8, 4) is 0 Å². The lowest BCUT2D eigenvalue weighted by Gasteiger charge is -2.17. The van der Waals surface area contributed by atoms with Crippen LogP contribution in [0.25, 0.3) is 0 Å². The number of anilines is 2. The van der Waals surface area contributed by atoms with Gasteiger partial charge in [-0.1, -0.05) is 30.3 Å². The Morgan fingerprint density at radius 3 is 2.38 bits per heavy atom. The number of carbonyl (C=O) groups excluding carboxylic acids is 2. The Kier molecular flexibility index (Phi) is 3.75. The summed E-state index contributed by atoms with van der Waals surface area (Å²) < 4.78 is 0.729. The number of carbonyl (C=O) groups is 2. The van der Waals surface area contributed by atoms with Crippen molar-refractivity contribution in [3.05, 3.63) is 59.1 Å². The molecule has 0 bridgehead atoms. The van der Waals surface area contributed by atoms with Crippen LogP contribution in [-0.4, -0.2) is 17.9 Å². The molecule has 106 valence electrons. The molecule has 1 atom stereocenters. The second kappa shape index (κ2) is 5.69. The van der Waals surface area contributed by atoms with Gasteiger partial charge in [-0.05, 0) is 40.2 Å². The minimum atomic E-state index is -0.521. The number of nitrogens with one attached hydrogen (secondary N) is 1. The predicted molar refractivity (Wildman–Crippen MR) is 85.1 cm³/mol. The van der Waals surface area contributed by atoms with Gasteiger partial charge in [-0.25, -0.2) is 4.90 Å². The van der Waals surface area contributed by atoms with Gasteiger partial charge in [0.05, 0.1) is 12.1 Å². The van der Waals surface area contributed by atoms with Crippen molar-refractivity contribution >= 4 is 39.1 Å². The van der Waals surface area contributed by atoms with Crippen LogP contribution in [0.1, 0.15) is 6.42 Å². The maximum Gasteiger partial charge on any atom is 0.256 e. The van der Waals surface area contributed by atoms with Crippen LogP contribution in [-0.2, 0) is 9.59 Å². The average Bonchev–Trinajstić information content (AvgIpc) is 2.76. The van der Waals surface area contributed by atoms with Crippen molar-refractivity contribution in [1.29, 1.82) is 0 Å². The largest absolute Gasteiger partial charge is 0.373 e. The molecule has 21 heavy (non-hydrogen) atoms. The number of rotatable bonds is 3. The van der Waals surface area contributed by atoms with Gasteiger partial charge in [0, 0.05) is 10.2 Å². The van der Waals surface area contributed by atoms with Gasteiger partial charge in [-0.2, -0.15) is 0 Å². The van der Waals surface area contributed by atoms with Crippen molar-refractivity contribution in [2.24, 2.45) is 0 Å². The molecule has 0 saturated carbocycles. The van der Waals surface area contributed by atoms with Crippen LogP contribution >= 0.6 is 15.9 Å². The zero-order chi connectivity index (χ0) is 14.8. The Balaban J connectivity index is 1.84. The number of amides is 2. The Bertz CT molecular complexity index is 688. The van der Waals surface area contributed by atoms with Crippen LogP contribution in [0.3, 0.4) is 0 Å². The Labute approximate surface area is 130 Å². The van der Waals surface area contributed by atoms with E-state index in [9.17, 15) is 9.59 Å². The highest BCUT2D eigenvalue weighted by Crippen LogP contribution is 2.30. The van der Waals surface area contributed by atoms with E-state index < -0.39 is 6.04 Å². The molecule has 1 saturated heterocycles. The van der Waals surface area contributed by atoms with E-state index in [0.717, 1.165) is 10.2 Å². The lowest BCUT2D eigenvalue weighted by molar-refractivity contribution is -0.121. The minimum Gasteiger partial charge on any atom is -0.373 e. The van der Waals surface area contributed by atoms with Gasteiger partial charge < -0.3 is 5.32 Å². The summed E-state index contributed by atoms with van der Waals surface area (Å²) in [5.74, 6) is -0.420. The number of hydrogen-bond donors (Lipinski definition) is 1. The summed E-state index contributed by atoms with van der Waals surface area (Å²) in [7, 11) is 0. The summed E-state index contributed by atoms with van der Waals surface area (Å²) in [5, 5.41) is 3.11. The van der Waals surface area contributed by atoms with Crippen LogP contribution in [0.5, 0.6) is 0 Å². The van der Waals surface area contributed by atoms with E-state index in [-0.39, 0.29) is 18.2 Å². The molecule has 0 unspecified atom stereocenters. The lowest BCUT2D eigenvalue weighted by atomic mass is 10.2. The molecule has 1 aliphatic rings. The highest BCUT2D eigenvalue weighted by Gasteiger charge is 2.40. The first kappa shape index (κ1) is 13.8. The molecule has 3 rings (SSSR count). The number of halogens is 1. The number of hydrogen-bond acceptors (Lipinski definition) is 3. The molecule has 0 radical (unpaired) electrons. The maximum absolute atomic E-state index is 12.5. The van der Waals surface area contributed by atoms with Gasteiger partial charge in [0.2, 0.25) is 5.91 Å². The zero-order valence-corrected chi connectivity index (χ0v) is 12.7. The fourth-order valence-corrected chi connectivity index (χ4v) is 2.83. The van der Waals surface area contributed by atoms with Crippen LogP contribution in [0.4, 0.5) is 11.4 Å². The van der Waals surface area contributed by atoms with E-state index in [1.54, 1.807) is 12.1 Å². The van der Waals surface area contributed by atoms with E-state index in [1.807, 2.05) is 42.5 Å². The molecular formula is C16H13BrN2O2. The molecule has 2 amide bonds. The summed E-state index contributed by atoms with van der Waals surface area (Å²) in [4.78, 5) is 25.9. The van der Waals surface area contributed by atoms with E-state index in [2.05, 4.69) is 21.2 Å². The fraction of sp³-hybridized carbons (Fsp3) is 0.125. The van der Waals surface area contributed by atoms with Gasteiger partial charge in [0.15, 0.2) is 0 Å². The van der Waals surface area contributed by atoms with Gasteiger partial charge in [0.25, 0.3) is 5.91 Å². The van der Waals surface area contributed by atoms with Gasteiger partial charge in [-0.3, -0.25) is 9.59 Å². The quantitative estimate of drug-likeness (QED) is 0.870. The van der Waals surface area contributed by atoms with Crippen LogP contribution in [0.2, 0.25) is 0 Å². The van der Waals surface area contributed by atoms with Crippen LogP contribution in [0.15, 0.2) is 59.1 Å². The Morgan fingerprint density at radius 1 is 1.00 bits per heavy atom. The van der Waals surface area contributed by atoms with E-state index in [1.165, 1.54) is 4.90 Å². The van der Waals surface area contributed by atoms with Crippen molar-refractivity contribution in [1.82, 2.24) is 0 Å². The number of nitrogens with zero attached hydrogens (tertiary/aromatic N) is 1. The molecule has 2 aromatic rings. The fourth-order valence-electron chi connectivity index (χ4n) is 2.37. The average molecular weight is 345 g/mol. The summed E-state index contributed by atoms with van der Waals surface area (Å²) >= 11 is 3.38. The Morgan fingerprint density at radius 2 is 1.67 bits per heavy atom. The minimum absolute atomic E-state index is 0.162. The first-order valence-electron chi connectivity index (χ1n) is 6.60. The molecular weight excluding hydrogens is 332 g/mol. The molecule has 5 heteroatoms. The van der Waals surface area contributed by atoms with Crippen LogP contribution in [0, 0.1) is 0 Å². The smallest absolute Gasteiger partial charge is 0.256 e. The zero-order valence-electron chi connectivity index (χ0n) is 11.1. The van der Waals surface area contributed by atoms with Gasteiger partial charge >= 0.3 is 0 Å². The third kappa shape index (κ3) is 2.69. The predicted octanol–water partition coefficient (Wildman–Crippen LogP) is 3.19. The normalized spacial score (nSPS) is 18.1. The van der Waals surface area contributed by atoms with E-state index in [0.29, 0.717) is 5.69 Å². The first-order valence-corrected chi connectivity index (χ1v) is 7.39. The molecule has 4 nitrogen and oxygen atoms in total. The maximum atomic E-state index is 12.5. The highest BCUT2D eigenvalue weighted by atomic mass is 79.9. The summed E-state index contributed by atoms with van der Waals surface area (Å²) in [6.45, 7) is 0. The van der Waals surface area contributed by atoms with Crippen molar-refractivity contribution in [2.75, 3.05) is 10.2 Å². The third-order valence-corrected chi connectivity index (χ3v) is 4.03. The monoisotopic (exact) mass is 344 g/mol. The second-order valence-electron chi connectivity index (χ2n) is 4.79. The topological polar surface area (TPSA) is 49.4 Å². The molecule has 1 fully saturated rings. The first-order chi connectivity index (χ1) is 10.2.